The molecule has 4 nitrogen and oxygen atoms in total. The zero-order valence-electron chi connectivity index (χ0n) is 10.7. The highest BCUT2D eigenvalue weighted by Gasteiger charge is 2.18. The summed E-state index contributed by atoms with van der Waals surface area (Å²) in [4.78, 5) is 11.1. The summed E-state index contributed by atoms with van der Waals surface area (Å²) in [7, 11) is 1.45. The fourth-order valence-electron chi connectivity index (χ4n) is 1.42. The number of aromatic carboxylic acids is 1. The monoisotopic (exact) mass is 272 g/mol. The van der Waals surface area contributed by atoms with E-state index in [1.54, 1.807) is 6.07 Å². The minimum atomic E-state index is -1.09. The van der Waals surface area contributed by atoms with Crippen LogP contribution in [-0.2, 0) is 0 Å². The van der Waals surface area contributed by atoms with Gasteiger partial charge in [-0.2, -0.15) is 0 Å². The van der Waals surface area contributed by atoms with Gasteiger partial charge in [-0.1, -0.05) is 25.4 Å². The van der Waals surface area contributed by atoms with Gasteiger partial charge >= 0.3 is 5.97 Å². The Hall–Kier alpha value is -1.42. The van der Waals surface area contributed by atoms with Gasteiger partial charge in [0.1, 0.15) is 5.56 Å². The fraction of sp³-hybridized carbons (Fsp3) is 0.462. The summed E-state index contributed by atoms with van der Waals surface area (Å²) in [6.45, 7) is 4.58. The van der Waals surface area contributed by atoms with Gasteiger partial charge in [0.25, 0.3) is 0 Å². The number of ether oxygens (including phenoxy) is 2. The normalized spacial score (nSPS) is 10.5. The molecular weight excluding hydrogens is 256 g/mol. The average Bonchev–Trinajstić information content (AvgIpc) is 2.29. The fourth-order valence-corrected chi connectivity index (χ4v) is 1.63. The molecule has 0 bridgehead atoms. The van der Waals surface area contributed by atoms with Crippen LogP contribution in [0.5, 0.6) is 11.5 Å². The van der Waals surface area contributed by atoms with E-state index in [0.29, 0.717) is 23.3 Å². The van der Waals surface area contributed by atoms with Crippen molar-refractivity contribution < 1.29 is 19.4 Å². The van der Waals surface area contributed by atoms with Gasteiger partial charge in [0.15, 0.2) is 11.5 Å². The van der Waals surface area contributed by atoms with Crippen molar-refractivity contribution in [2.45, 2.75) is 20.3 Å². The summed E-state index contributed by atoms with van der Waals surface area (Å²) in [5.74, 6) is -0.0365. The predicted molar refractivity (Wildman–Crippen MR) is 69.9 cm³/mol. The Kier molecular flexibility index (Phi) is 5.28. The molecule has 0 aliphatic carbocycles. The molecule has 1 N–H and O–H groups in total. The molecule has 1 aromatic carbocycles. The third-order valence-corrected chi connectivity index (χ3v) is 2.63. The average molecular weight is 273 g/mol. The topological polar surface area (TPSA) is 55.8 Å². The largest absolute Gasteiger partial charge is 0.493 e. The first-order valence-corrected chi connectivity index (χ1v) is 6.07. The second-order valence-corrected chi connectivity index (χ2v) is 4.76. The van der Waals surface area contributed by atoms with Crippen molar-refractivity contribution in [2.75, 3.05) is 13.7 Å². The van der Waals surface area contributed by atoms with Gasteiger partial charge in [0.05, 0.1) is 13.7 Å². The van der Waals surface area contributed by atoms with Crippen LogP contribution in [0.1, 0.15) is 30.6 Å². The number of carboxylic acid groups (broad SMARTS) is 1. The van der Waals surface area contributed by atoms with Crippen LogP contribution in [0.4, 0.5) is 0 Å². The number of benzene rings is 1. The first-order chi connectivity index (χ1) is 8.45. The van der Waals surface area contributed by atoms with E-state index in [4.69, 9.17) is 26.2 Å². The number of rotatable bonds is 6. The Morgan fingerprint density at radius 3 is 2.61 bits per heavy atom. The van der Waals surface area contributed by atoms with Gasteiger partial charge in [0, 0.05) is 11.1 Å². The maximum Gasteiger partial charge on any atom is 0.339 e. The van der Waals surface area contributed by atoms with E-state index in [-0.39, 0.29) is 11.3 Å². The molecule has 100 valence electrons. The number of carbonyl (C=O) groups is 1. The maximum absolute atomic E-state index is 11.1. The molecular formula is C13H17ClO4. The van der Waals surface area contributed by atoms with Crippen molar-refractivity contribution in [3.63, 3.8) is 0 Å². The van der Waals surface area contributed by atoms with Crippen molar-refractivity contribution in [1.29, 1.82) is 0 Å². The zero-order valence-corrected chi connectivity index (χ0v) is 11.5. The number of methoxy groups -OCH3 is 1. The van der Waals surface area contributed by atoms with Crippen molar-refractivity contribution in [3.05, 3.63) is 22.7 Å². The Labute approximate surface area is 111 Å². The van der Waals surface area contributed by atoms with Crippen molar-refractivity contribution >= 4 is 17.6 Å². The molecule has 0 heterocycles. The molecule has 0 spiro atoms. The van der Waals surface area contributed by atoms with Gasteiger partial charge in [-0.15, -0.1) is 0 Å². The summed E-state index contributed by atoms with van der Waals surface area (Å²) in [5.41, 5.74) is 0.0168. The van der Waals surface area contributed by atoms with Crippen LogP contribution < -0.4 is 9.47 Å². The summed E-state index contributed by atoms with van der Waals surface area (Å²) in [6, 6.07) is 2.90. The van der Waals surface area contributed by atoms with E-state index < -0.39 is 5.97 Å². The Balaban J connectivity index is 3.01. The second-order valence-electron chi connectivity index (χ2n) is 4.32. The molecule has 1 rings (SSSR count). The van der Waals surface area contributed by atoms with Gasteiger partial charge in [-0.3, -0.25) is 0 Å². The predicted octanol–water partition coefficient (Wildman–Crippen LogP) is 3.47. The summed E-state index contributed by atoms with van der Waals surface area (Å²) in [6.07, 6.45) is 0.838. The number of carboxylic acids is 1. The van der Waals surface area contributed by atoms with Gasteiger partial charge in [-0.25, -0.2) is 4.79 Å². The van der Waals surface area contributed by atoms with Crippen LogP contribution in [0.25, 0.3) is 0 Å². The van der Waals surface area contributed by atoms with E-state index in [1.165, 1.54) is 13.2 Å². The van der Waals surface area contributed by atoms with Crippen molar-refractivity contribution in [2.24, 2.45) is 5.92 Å². The zero-order chi connectivity index (χ0) is 13.7. The minimum Gasteiger partial charge on any atom is -0.493 e. The lowest BCUT2D eigenvalue weighted by Crippen LogP contribution is -2.08. The Morgan fingerprint density at radius 1 is 1.44 bits per heavy atom. The van der Waals surface area contributed by atoms with Gasteiger partial charge in [0.2, 0.25) is 0 Å². The van der Waals surface area contributed by atoms with E-state index >= 15 is 0 Å². The summed E-state index contributed by atoms with van der Waals surface area (Å²) >= 11 is 5.83. The second kappa shape index (κ2) is 6.50. The highest BCUT2D eigenvalue weighted by Crippen LogP contribution is 2.35. The molecule has 0 unspecified atom stereocenters. The van der Waals surface area contributed by atoms with Crippen LogP contribution >= 0.6 is 11.6 Å². The Bertz CT molecular complexity index is 429. The molecule has 18 heavy (non-hydrogen) atoms. The molecule has 0 fully saturated rings. The van der Waals surface area contributed by atoms with Crippen LogP contribution in [0.3, 0.4) is 0 Å². The molecule has 0 amide bonds. The molecule has 0 atom stereocenters. The van der Waals surface area contributed by atoms with Crippen LogP contribution in [-0.4, -0.2) is 24.8 Å². The van der Waals surface area contributed by atoms with Gasteiger partial charge in [-0.05, 0) is 18.4 Å². The Morgan fingerprint density at radius 2 is 2.11 bits per heavy atom. The number of hydrogen-bond donors (Lipinski definition) is 1. The highest BCUT2D eigenvalue weighted by molar-refractivity contribution is 6.31. The highest BCUT2D eigenvalue weighted by atomic mass is 35.5. The molecule has 1 aromatic rings. The molecule has 0 aliphatic heterocycles. The van der Waals surface area contributed by atoms with E-state index in [2.05, 4.69) is 13.8 Å². The van der Waals surface area contributed by atoms with Crippen LogP contribution in [0.15, 0.2) is 12.1 Å². The quantitative estimate of drug-likeness (QED) is 0.861. The van der Waals surface area contributed by atoms with E-state index in [9.17, 15) is 4.79 Å². The third kappa shape index (κ3) is 3.81. The van der Waals surface area contributed by atoms with Gasteiger partial charge < -0.3 is 14.6 Å². The van der Waals surface area contributed by atoms with Crippen LogP contribution in [0, 0.1) is 5.92 Å². The van der Waals surface area contributed by atoms with Crippen molar-refractivity contribution in [1.82, 2.24) is 0 Å². The number of hydrogen-bond acceptors (Lipinski definition) is 3. The lowest BCUT2D eigenvalue weighted by Gasteiger charge is -2.14. The van der Waals surface area contributed by atoms with Crippen molar-refractivity contribution in [3.8, 4) is 11.5 Å². The molecule has 0 saturated heterocycles. The standard InChI is InChI=1S/C13H17ClO4/c1-8(2)4-5-18-12-10(13(15)16)6-9(14)7-11(12)17-3/h6-8H,4-5H2,1-3H3,(H,15,16). The SMILES string of the molecule is COc1cc(Cl)cc(C(=O)O)c1OCCC(C)C. The molecule has 0 radical (unpaired) electrons. The smallest absolute Gasteiger partial charge is 0.339 e. The minimum absolute atomic E-state index is 0.0168. The number of halogens is 1. The van der Waals surface area contributed by atoms with E-state index in [1.807, 2.05) is 0 Å². The summed E-state index contributed by atoms with van der Waals surface area (Å²) < 4.78 is 10.6. The molecule has 5 heteroatoms. The molecule has 0 aromatic heterocycles. The molecule has 0 saturated carbocycles. The molecule has 0 aliphatic rings. The first-order valence-electron chi connectivity index (χ1n) is 5.69. The van der Waals surface area contributed by atoms with Crippen LogP contribution in [0.2, 0.25) is 5.02 Å². The van der Waals surface area contributed by atoms with E-state index in [0.717, 1.165) is 6.42 Å². The maximum atomic E-state index is 11.1. The lowest BCUT2D eigenvalue weighted by molar-refractivity contribution is 0.0691. The summed E-state index contributed by atoms with van der Waals surface area (Å²) in [5, 5.41) is 9.43. The lowest BCUT2D eigenvalue weighted by atomic mass is 10.1. The third-order valence-electron chi connectivity index (χ3n) is 2.41. The first kappa shape index (κ1) is 14.6.